The number of aliphatic carboxylic acids is 1. The molecule has 1 aliphatic rings. The third-order valence-electron chi connectivity index (χ3n) is 3.67. The molecule has 1 amide bonds. The average Bonchev–Trinajstić information content (AvgIpc) is 2.80. The Morgan fingerprint density at radius 3 is 2.68 bits per heavy atom. The Labute approximate surface area is 110 Å². The van der Waals surface area contributed by atoms with Crippen LogP contribution >= 0.6 is 0 Å². The van der Waals surface area contributed by atoms with Crippen molar-refractivity contribution in [3.63, 3.8) is 0 Å². The highest BCUT2D eigenvalue weighted by molar-refractivity contribution is 6.01. The Morgan fingerprint density at radius 2 is 1.89 bits per heavy atom. The summed E-state index contributed by atoms with van der Waals surface area (Å²) < 4.78 is 0. The zero-order chi connectivity index (χ0) is 13.4. The molecule has 1 fully saturated rings. The lowest BCUT2D eigenvalue weighted by atomic mass is 9.86. The van der Waals surface area contributed by atoms with Crippen LogP contribution in [0, 0.1) is 5.92 Å². The van der Waals surface area contributed by atoms with Gasteiger partial charge < -0.3 is 10.4 Å². The van der Waals surface area contributed by atoms with E-state index < -0.39 is 17.8 Å². The second kappa shape index (κ2) is 4.39. The van der Waals surface area contributed by atoms with Crippen LogP contribution in [0.4, 0.5) is 0 Å². The number of carbonyl (C=O) groups excluding carboxylic acids is 1. The molecule has 0 saturated carbocycles. The maximum absolute atomic E-state index is 11.6. The minimum absolute atomic E-state index is 0.309. The smallest absolute Gasteiger partial charge is 0.316 e. The van der Waals surface area contributed by atoms with E-state index in [-0.39, 0.29) is 5.92 Å². The number of carboxylic acid groups (broad SMARTS) is 1. The molecular formula is C15H13NO3. The molecule has 0 aromatic heterocycles. The third kappa shape index (κ3) is 1.85. The lowest BCUT2D eigenvalue weighted by molar-refractivity contribution is -0.145. The van der Waals surface area contributed by atoms with Gasteiger partial charge in [0.25, 0.3) is 0 Å². The van der Waals surface area contributed by atoms with Gasteiger partial charge in [0.05, 0.1) is 0 Å². The summed E-state index contributed by atoms with van der Waals surface area (Å²) in [6, 6.07) is 13.6. The first kappa shape index (κ1) is 11.7. The molecule has 0 spiro atoms. The Bertz CT molecular complexity index is 660. The molecule has 2 N–H and O–H groups in total. The van der Waals surface area contributed by atoms with Crippen molar-refractivity contribution >= 4 is 22.6 Å². The molecule has 2 aromatic carbocycles. The van der Waals surface area contributed by atoms with Gasteiger partial charge in [-0.15, -0.1) is 0 Å². The minimum Gasteiger partial charge on any atom is -0.481 e. The maximum atomic E-state index is 11.6. The van der Waals surface area contributed by atoms with Gasteiger partial charge in [-0.05, 0) is 16.3 Å². The number of nitrogens with one attached hydrogen (secondary N) is 1. The first-order chi connectivity index (χ1) is 9.18. The summed E-state index contributed by atoms with van der Waals surface area (Å²) >= 11 is 0. The fraction of sp³-hybridized carbons (Fsp3) is 0.200. The molecule has 1 heterocycles. The van der Waals surface area contributed by atoms with Crippen LogP contribution < -0.4 is 5.32 Å². The van der Waals surface area contributed by atoms with Crippen molar-refractivity contribution in [2.45, 2.75) is 5.92 Å². The number of carboxylic acids is 1. The van der Waals surface area contributed by atoms with Crippen LogP contribution in [0.1, 0.15) is 11.5 Å². The lowest BCUT2D eigenvalue weighted by Crippen LogP contribution is -2.26. The normalized spacial score (nSPS) is 22.4. The van der Waals surface area contributed by atoms with Gasteiger partial charge in [-0.1, -0.05) is 42.5 Å². The lowest BCUT2D eigenvalue weighted by Gasteiger charge is -2.15. The Kier molecular flexibility index (Phi) is 2.71. The third-order valence-corrected chi connectivity index (χ3v) is 3.67. The summed E-state index contributed by atoms with van der Waals surface area (Å²) in [6.07, 6.45) is 0. The summed E-state index contributed by atoms with van der Waals surface area (Å²) in [4.78, 5) is 22.9. The van der Waals surface area contributed by atoms with Crippen molar-refractivity contribution in [3.8, 4) is 0 Å². The number of carbonyl (C=O) groups is 2. The number of amides is 1. The van der Waals surface area contributed by atoms with E-state index in [1.54, 1.807) is 0 Å². The zero-order valence-electron chi connectivity index (χ0n) is 10.2. The largest absolute Gasteiger partial charge is 0.481 e. The monoisotopic (exact) mass is 255 g/mol. The van der Waals surface area contributed by atoms with Crippen molar-refractivity contribution in [1.29, 1.82) is 0 Å². The highest BCUT2D eigenvalue weighted by atomic mass is 16.4. The van der Waals surface area contributed by atoms with E-state index in [1.165, 1.54) is 0 Å². The number of fused-ring (bicyclic) bond motifs is 1. The van der Waals surface area contributed by atoms with E-state index in [4.69, 9.17) is 0 Å². The molecule has 96 valence electrons. The number of hydrogen-bond donors (Lipinski definition) is 2. The summed E-state index contributed by atoms with van der Waals surface area (Å²) in [5.41, 5.74) is 0.920. The quantitative estimate of drug-likeness (QED) is 0.803. The van der Waals surface area contributed by atoms with Crippen LogP contribution in [0.3, 0.4) is 0 Å². The first-order valence-electron chi connectivity index (χ1n) is 6.16. The minimum atomic E-state index is -1.06. The van der Waals surface area contributed by atoms with E-state index in [9.17, 15) is 14.7 Å². The van der Waals surface area contributed by atoms with E-state index >= 15 is 0 Å². The van der Waals surface area contributed by atoms with Gasteiger partial charge in [-0.3, -0.25) is 9.59 Å². The molecule has 0 bridgehead atoms. The fourth-order valence-corrected chi connectivity index (χ4v) is 2.77. The molecule has 4 nitrogen and oxygen atoms in total. The van der Waals surface area contributed by atoms with Gasteiger partial charge in [0, 0.05) is 12.5 Å². The van der Waals surface area contributed by atoms with Crippen molar-refractivity contribution in [1.82, 2.24) is 5.32 Å². The molecular weight excluding hydrogens is 242 g/mol. The first-order valence-corrected chi connectivity index (χ1v) is 6.16. The summed E-state index contributed by atoms with van der Waals surface area (Å²) in [7, 11) is 0. The Morgan fingerprint density at radius 1 is 1.16 bits per heavy atom. The molecule has 2 aromatic rings. The molecule has 1 saturated heterocycles. The second-order valence-electron chi connectivity index (χ2n) is 4.74. The molecule has 0 radical (unpaired) electrons. The molecule has 4 heteroatoms. The van der Waals surface area contributed by atoms with Crippen molar-refractivity contribution in [2.75, 3.05) is 6.54 Å². The van der Waals surface area contributed by atoms with Crippen molar-refractivity contribution in [2.24, 2.45) is 5.92 Å². The van der Waals surface area contributed by atoms with E-state index in [0.29, 0.717) is 6.54 Å². The van der Waals surface area contributed by atoms with Crippen LogP contribution in [-0.2, 0) is 9.59 Å². The highest BCUT2D eigenvalue weighted by Crippen LogP contribution is 2.33. The van der Waals surface area contributed by atoms with Crippen LogP contribution in [0.2, 0.25) is 0 Å². The fourth-order valence-electron chi connectivity index (χ4n) is 2.77. The second-order valence-corrected chi connectivity index (χ2v) is 4.74. The molecule has 1 aliphatic heterocycles. The Hall–Kier alpha value is -2.36. The molecule has 19 heavy (non-hydrogen) atoms. The summed E-state index contributed by atoms with van der Waals surface area (Å²) in [5.74, 6) is -2.76. The Balaban J connectivity index is 2.14. The van der Waals surface area contributed by atoms with Crippen molar-refractivity contribution in [3.05, 3.63) is 48.0 Å². The van der Waals surface area contributed by atoms with Crippen LogP contribution in [-0.4, -0.2) is 23.5 Å². The van der Waals surface area contributed by atoms with Gasteiger partial charge in [0.15, 0.2) is 0 Å². The topological polar surface area (TPSA) is 66.4 Å². The van der Waals surface area contributed by atoms with E-state index in [2.05, 4.69) is 5.32 Å². The number of rotatable bonds is 2. The van der Waals surface area contributed by atoms with Crippen molar-refractivity contribution < 1.29 is 14.7 Å². The number of benzene rings is 2. The average molecular weight is 255 g/mol. The predicted molar refractivity (Wildman–Crippen MR) is 70.8 cm³/mol. The van der Waals surface area contributed by atoms with Crippen LogP contribution in [0.25, 0.3) is 10.8 Å². The van der Waals surface area contributed by atoms with E-state index in [0.717, 1.165) is 16.3 Å². The van der Waals surface area contributed by atoms with Gasteiger partial charge in [0.1, 0.15) is 5.92 Å². The zero-order valence-corrected chi connectivity index (χ0v) is 10.2. The number of hydrogen-bond acceptors (Lipinski definition) is 2. The molecule has 2 atom stereocenters. The van der Waals surface area contributed by atoms with Gasteiger partial charge in [-0.25, -0.2) is 0 Å². The van der Waals surface area contributed by atoms with Crippen LogP contribution in [0.5, 0.6) is 0 Å². The summed E-state index contributed by atoms with van der Waals surface area (Å²) in [5, 5.41) is 13.9. The molecule has 0 unspecified atom stereocenters. The van der Waals surface area contributed by atoms with Gasteiger partial charge in [-0.2, -0.15) is 0 Å². The van der Waals surface area contributed by atoms with E-state index in [1.807, 2.05) is 42.5 Å². The maximum Gasteiger partial charge on any atom is 0.316 e. The van der Waals surface area contributed by atoms with Crippen LogP contribution in [0.15, 0.2) is 42.5 Å². The standard InChI is InChI=1S/C15H13NO3/c17-14-13(15(18)19)12(8-16-14)11-7-3-5-9-4-1-2-6-10(9)11/h1-7,12-13H,8H2,(H,16,17)(H,18,19)/t12-,13-/m1/s1. The van der Waals surface area contributed by atoms with Gasteiger partial charge in [0.2, 0.25) is 5.91 Å². The molecule has 0 aliphatic carbocycles. The predicted octanol–water partition coefficient (Wildman–Crippen LogP) is 1.75. The SMILES string of the molecule is O=C(O)[C@H]1C(=O)NC[C@@H]1c1cccc2ccccc12. The van der Waals surface area contributed by atoms with Gasteiger partial charge >= 0.3 is 5.97 Å². The summed E-state index contributed by atoms with van der Waals surface area (Å²) in [6.45, 7) is 0.379. The highest BCUT2D eigenvalue weighted by Gasteiger charge is 2.41. The molecule has 3 rings (SSSR count).